The van der Waals surface area contributed by atoms with E-state index in [4.69, 9.17) is 34.5 Å². The van der Waals surface area contributed by atoms with Crippen LogP contribution in [0.25, 0.3) is 0 Å². The Labute approximate surface area is 618 Å². The summed E-state index contributed by atoms with van der Waals surface area (Å²) in [6.45, 7) is 7.86. The maximum Gasteiger partial charge on any atom is 1.00 e. The molecule has 0 atom stereocenters. The fraction of sp³-hybridized carbons (Fsp3) is 0.633. The van der Waals surface area contributed by atoms with Gasteiger partial charge in [-0.1, -0.05) is 246 Å². The zero-order valence-electron chi connectivity index (χ0n) is 50.9. The fourth-order valence-electron chi connectivity index (χ4n) is 7.52. The SMILES string of the molecule is CCCCCCCCCCCCBr.CCCCCCCCCCCCOc1ccccc1C(=O)O.CCCCCCCCCCCCOc1ccccc1C(=O)OC.COC(=O)c1ccccc1O.II.O=CO[O-].[H-].[K+].[K+].[Na+].[OH-]. The molecule has 3 aromatic rings. The van der Waals surface area contributed by atoms with E-state index in [0.717, 1.165) is 19.3 Å². The summed E-state index contributed by atoms with van der Waals surface area (Å²) in [5.74, 6) is -0.758. The Morgan fingerprint density at radius 1 is 0.506 bits per heavy atom. The van der Waals surface area contributed by atoms with Crippen molar-refractivity contribution >= 4 is 77.5 Å². The van der Waals surface area contributed by atoms with E-state index in [1.54, 1.807) is 42.5 Å². The van der Waals surface area contributed by atoms with Crippen molar-refractivity contribution in [3.63, 3.8) is 0 Å². The van der Waals surface area contributed by atoms with Gasteiger partial charge in [0.25, 0.3) is 6.47 Å². The molecule has 0 saturated carbocycles. The number of aromatic carboxylic acids is 1. The number of ether oxygens (including phenoxy) is 4. The summed E-state index contributed by atoms with van der Waals surface area (Å²) in [6, 6.07) is 20.3. The van der Waals surface area contributed by atoms with Gasteiger partial charge in [-0.05, 0) is 55.7 Å². The molecule has 3 rings (SSSR count). The molecule has 0 aromatic heterocycles. The first-order chi connectivity index (χ1) is 36.6. The second kappa shape index (κ2) is 77.1. The first kappa shape index (κ1) is 93.8. The Balaban J connectivity index is -0.000000141. The molecule has 79 heavy (non-hydrogen) atoms. The molecule has 440 valence electrons. The van der Waals surface area contributed by atoms with E-state index in [1.807, 2.05) is 18.2 Å². The normalized spacial score (nSPS) is 9.38. The van der Waals surface area contributed by atoms with Crippen molar-refractivity contribution in [1.82, 2.24) is 0 Å². The van der Waals surface area contributed by atoms with Crippen LogP contribution in [0, 0.1) is 0 Å². The quantitative estimate of drug-likeness (QED) is 0.00803. The number of carboxylic acids is 1. The number of phenolic OH excluding ortho intramolecular Hbond substituents is 1. The summed E-state index contributed by atoms with van der Waals surface area (Å²) < 4.78 is 20.5. The van der Waals surface area contributed by atoms with Crippen molar-refractivity contribution in [2.24, 2.45) is 0 Å². The minimum atomic E-state index is -0.932. The van der Waals surface area contributed by atoms with Gasteiger partial charge in [-0.25, -0.2) is 14.4 Å². The fourth-order valence-corrected chi connectivity index (χ4v) is 7.92. The number of aromatic hydroxyl groups is 1. The van der Waals surface area contributed by atoms with Crippen LogP contribution in [0.2, 0.25) is 0 Å². The van der Waals surface area contributed by atoms with Crippen LogP contribution in [0.1, 0.15) is 246 Å². The Kier molecular flexibility index (Phi) is 91.5. The third kappa shape index (κ3) is 62.0. The molecule has 0 heterocycles. The van der Waals surface area contributed by atoms with Crippen LogP contribution in [-0.4, -0.2) is 72.8 Å². The molecule has 3 aromatic carbocycles. The van der Waals surface area contributed by atoms with Crippen LogP contribution in [0.15, 0.2) is 72.8 Å². The number of carboxylic acid groups (broad SMARTS) is 1. The van der Waals surface area contributed by atoms with E-state index >= 15 is 0 Å². The minimum absolute atomic E-state index is 0. The zero-order chi connectivity index (χ0) is 56.3. The van der Waals surface area contributed by atoms with Crippen LogP contribution in [0.5, 0.6) is 17.2 Å². The molecule has 0 radical (unpaired) electrons. The Morgan fingerprint density at radius 3 is 1.08 bits per heavy atom. The minimum Gasteiger partial charge on any atom is -1.00 e. The van der Waals surface area contributed by atoms with Gasteiger partial charge in [-0.15, -0.1) is 0 Å². The summed E-state index contributed by atoms with van der Waals surface area (Å²) in [7, 11) is 2.66. The Bertz CT molecular complexity index is 1760. The predicted octanol–water partition coefficient (Wildman–Crippen LogP) is 9.09. The molecule has 3 N–H and O–H groups in total. The van der Waals surface area contributed by atoms with Gasteiger partial charge in [0.05, 0.1) is 27.4 Å². The van der Waals surface area contributed by atoms with Crippen LogP contribution in [0.4, 0.5) is 0 Å². The molecule has 0 saturated heterocycles. The second-order valence-electron chi connectivity index (χ2n) is 17.9. The van der Waals surface area contributed by atoms with E-state index in [1.165, 1.54) is 205 Å². The van der Waals surface area contributed by atoms with Gasteiger partial charge in [-0.2, -0.15) is 0 Å². The number of methoxy groups -OCH3 is 2. The molecular weight excluding hydrogens is 1360 g/mol. The number of benzene rings is 3. The molecule has 0 spiro atoms. The van der Waals surface area contributed by atoms with Crippen molar-refractivity contribution in [2.75, 3.05) is 32.8 Å². The smallest absolute Gasteiger partial charge is 1.00 e. The largest absolute Gasteiger partial charge is 1.00 e. The summed E-state index contributed by atoms with van der Waals surface area (Å²) in [6.07, 6.45) is 40.2. The van der Waals surface area contributed by atoms with Crippen LogP contribution < -0.4 is 147 Å². The zero-order valence-corrected chi connectivity index (χ0v) is 64.0. The number of para-hydroxylation sites is 3. The number of unbranched alkanes of at least 4 members (excludes halogenated alkanes) is 27. The van der Waals surface area contributed by atoms with Crippen LogP contribution >= 0.6 is 53.2 Å². The molecule has 19 heteroatoms. The molecule has 0 aliphatic heterocycles. The first-order valence-corrected chi connectivity index (χ1v) is 35.1. The molecule has 0 bridgehead atoms. The average Bonchev–Trinajstić information content (AvgIpc) is 3.44. The summed E-state index contributed by atoms with van der Waals surface area (Å²) in [5, 5.41) is 27.8. The van der Waals surface area contributed by atoms with E-state index in [9.17, 15) is 14.4 Å². The molecule has 0 aliphatic carbocycles. The van der Waals surface area contributed by atoms with E-state index in [0.29, 0.717) is 30.3 Å². The molecule has 0 amide bonds. The summed E-state index contributed by atoms with van der Waals surface area (Å²) in [4.78, 5) is 44.8. The first-order valence-electron chi connectivity index (χ1n) is 27.7. The van der Waals surface area contributed by atoms with Gasteiger partial charge in [0.2, 0.25) is 0 Å². The number of carbonyl (C=O) groups is 4. The van der Waals surface area contributed by atoms with Gasteiger partial charge in [0.1, 0.15) is 33.9 Å². The van der Waals surface area contributed by atoms with Gasteiger partial charge in [0, 0.05) is 42.6 Å². The molecule has 13 nitrogen and oxygen atoms in total. The number of halogens is 3. The average molecular weight is 1460 g/mol. The number of rotatable bonds is 38. The molecule has 0 aliphatic rings. The monoisotopic (exact) mass is 1460 g/mol. The van der Waals surface area contributed by atoms with Crippen LogP contribution in [0.3, 0.4) is 0 Å². The van der Waals surface area contributed by atoms with Gasteiger partial charge < -0.3 is 46.2 Å². The van der Waals surface area contributed by atoms with Crippen molar-refractivity contribution in [3.05, 3.63) is 89.5 Å². The number of esters is 2. The van der Waals surface area contributed by atoms with Crippen molar-refractivity contribution in [1.29, 1.82) is 0 Å². The number of hydrogen-bond acceptors (Lipinski definition) is 12. The van der Waals surface area contributed by atoms with Crippen molar-refractivity contribution in [2.45, 2.75) is 213 Å². The maximum absolute atomic E-state index is 11.6. The third-order valence-corrected chi connectivity index (χ3v) is 12.3. The molecular formula is C60H98BrI2K2NaO13. The van der Waals surface area contributed by atoms with Crippen molar-refractivity contribution < 1.29 is 198 Å². The Morgan fingerprint density at radius 2 is 0.772 bits per heavy atom. The van der Waals surface area contributed by atoms with Crippen LogP contribution in [-0.2, 0) is 19.2 Å². The second-order valence-corrected chi connectivity index (χ2v) is 18.7. The predicted molar refractivity (Wildman–Crippen MR) is 329 cm³/mol. The molecule has 0 unspecified atom stereocenters. The summed E-state index contributed by atoms with van der Waals surface area (Å²) in [5.41, 5.74) is 0.937. The van der Waals surface area contributed by atoms with Gasteiger partial charge in [-0.3, -0.25) is 4.79 Å². The Hall–Kier alpha value is 1.07. The van der Waals surface area contributed by atoms with E-state index in [2.05, 4.69) is 83.6 Å². The van der Waals surface area contributed by atoms with Gasteiger partial charge >= 0.3 is 150 Å². The third-order valence-electron chi connectivity index (χ3n) is 11.8. The van der Waals surface area contributed by atoms with Gasteiger partial charge in [0.15, 0.2) is 0 Å². The number of alkyl halides is 1. The number of carbonyl (C=O) groups excluding carboxylic acids is 3. The summed E-state index contributed by atoms with van der Waals surface area (Å²) >= 11 is 7.70. The standard InChI is InChI=1S/C20H32O3.C19H30O3.C12H25Br.C8H8O3.CH2O3.I2.2K.Na.H2O.H/c1-3-4-5-6-7-8-9-10-11-14-17-23-19-16-13-12-15-18(19)20(21)22-2;1-2-3-4-5-6-7-8-9-10-13-16-22-18-15-12-11-14-17(18)19(20)21;1-2-3-4-5-6-7-8-9-10-11-12-13;1-11-8(10)6-4-2-3-5-7(6)9;2-1-4-3;1-2;;;;;/h12-13,15-16H,3-11,14,17H2,1-2H3;11-12,14-15H,2-10,13,16H2,1H3,(H,20,21);2-12H2,1H3;2-5,9H,1H3;1,3H;;;;;1H2;/q;;;;;;3*+1;;-1/p-2. The maximum atomic E-state index is 11.6. The van der Waals surface area contributed by atoms with E-state index < -0.39 is 11.9 Å². The topological polar surface area (TPSA) is 208 Å². The van der Waals surface area contributed by atoms with Crippen molar-refractivity contribution in [3.8, 4) is 17.2 Å². The number of phenols is 1. The van der Waals surface area contributed by atoms with E-state index in [-0.39, 0.29) is 169 Å². The number of hydrogen-bond donors (Lipinski definition) is 2. The molecule has 0 fully saturated rings.